The maximum atomic E-state index is 10.8. The predicted octanol–water partition coefficient (Wildman–Crippen LogP) is -5.48. The maximum Gasteiger partial charge on any atom is 0.229 e. The largest absolute Gasteiger partial charge is 0.497 e. The Morgan fingerprint density at radius 3 is 1.40 bits per heavy atom. The van der Waals surface area contributed by atoms with E-state index in [0.717, 1.165) is 0 Å². The minimum atomic E-state index is -1.92. The number of hydrogen-bond acceptors (Lipinski definition) is 17. The van der Waals surface area contributed by atoms with Gasteiger partial charge in [-0.1, -0.05) is 0 Å². The fraction of sp³-hybridized carbons (Fsp3) is 0.760. The van der Waals surface area contributed by atoms with Crippen LogP contribution in [0.25, 0.3) is 0 Å². The molecule has 17 nitrogen and oxygen atoms in total. The van der Waals surface area contributed by atoms with Gasteiger partial charge in [0.05, 0.1) is 26.9 Å². The second kappa shape index (κ2) is 14.3. The molecule has 0 radical (unpaired) electrons. The summed E-state index contributed by atoms with van der Waals surface area (Å²) in [4.78, 5) is 0. The monoisotopic (exact) mass is 610 g/mol. The molecule has 0 amide bonds. The van der Waals surface area contributed by atoms with Gasteiger partial charge in [0, 0.05) is 0 Å². The van der Waals surface area contributed by atoms with E-state index in [1.165, 1.54) is 19.2 Å². The molecule has 1 aromatic rings. The van der Waals surface area contributed by atoms with Crippen molar-refractivity contribution in [2.24, 2.45) is 0 Å². The van der Waals surface area contributed by atoms with Crippen LogP contribution in [-0.4, -0.2) is 170 Å². The van der Waals surface area contributed by atoms with Crippen LogP contribution in [0.4, 0.5) is 0 Å². The van der Waals surface area contributed by atoms with Crippen molar-refractivity contribution in [3.63, 3.8) is 0 Å². The number of benzene rings is 1. The molecule has 240 valence electrons. The highest BCUT2D eigenvalue weighted by atomic mass is 16.8. The standard InChI is InChI=1S/C25H38O17/c1-36-9-2-4-10(5-3-9)37-23-19(34)16(31)21(12(7-27)39-23)42-25-20(35)17(32)22(13(8-28)40-25)41-24-18(33)15(30)14(29)11(6-26)38-24/h2-5,11-35H,6-8H2,1H3. The van der Waals surface area contributed by atoms with Crippen LogP contribution < -0.4 is 9.47 Å². The van der Waals surface area contributed by atoms with Crippen LogP contribution in [0.1, 0.15) is 0 Å². The molecule has 4 rings (SSSR count). The summed E-state index contributed by atoms with van der Waals surface area (Å²) in [6, 6.07) is 6.25. The van der Waals surface area contributed by atoms with Gasteiger partial charge in [0.2, 0.25) is 6.29 Å². The number of hydrogen-bond donors (Lipinski definition) is 10. The van der Waals surface area contributed by atoms with E-state index < -0.39 is 112 Å². The van der Waals surface area contributed by atoms with Crippen LogP contribution in [0.3, 0.4) is 0 Å². The van der Waals surface area contributed by atoms with E-state index in [0.29, 0.717) is 5.75 Å². The van der Waals surface area contributed by atoms with Crippen molar-refractivity contribution < 1.29 is 84.2 Å². The highest BCUT2D eigenvalue weighted by Gasteiger charge is 2.53. The van der Waals surface area contributed by atoms with Crippen LogP contribution in [0.5, 0.6) is 11.5 Å². The average molecular weight is 611 g/mol. The molecular formula is C25H38O17. The van der Waals surface area contributed by atoms with Gasteiger partial charge >= 0.3 is 0 Å². The molecule has 0 spiro atoms. The van der Waals surface area contributed by atoms with Crippen molar-refractivity contribution in [2.75, 3.05) is 26.9 Å². The SMILES string of the molecule is COc1ccc(OC2OC(CO)C(OC3OC(CO)C(OC4OC(CO)C(O)C(O)C4O)C(O)C3O)C(O)C2O)cc1. The normalized spacial score (nSPS) is 44.5. The Balaban J connectivity index is 1.42. The average Bonchev–Trinajstić information content (AvgIpc) is 3.00. The van der Waals surface area contributed by atoms with Crippen molar-refractivity contribution in [1.82, 2.24) is 0 Å². The van der Waals surface area contributed by atoms with E-state index >= 15 is 0 Å². The van der Waals surface area contributed by atoms with Gasteiger partial charge in [-0.3, -0.25) is 0 Å². The van der Waals surface area contributed by atoms with Crippen LogP contribution in [-0.2, 0) is 23.7 Å². The molecular weight excluding hydrogens is 572 g/mol. The predicted molar refractivity (Wildman–Crippen MR) is 133 cm³/mol. The van der Waals surface area contributed by atoms with E-state index in [4.69, 9.17) is 33.2 Å². The van der Waals surface area contributed by atoms with Gasteiger partial charge in [-0.2, -0.15) is 0 Å². The first-order valence-electron chi connectivity index (χ1n) is 13.2. The van der Waals surface area contributed by atoms with Crippen molar-refractivity contribution in [3.8, 4) is 11.5 Å². The summed E-state index contributed by atoms with van der Waals surface area (Å²) in [5, 5.41) is 102. The van der Waals surface area contributed by atoms with Crippen molar-refractivity contribution >= 4 is 0 Å². The first-order chi connectivity index (χ1) is 20.0. The summed E-state index contributed by atoms with van der Waals surface area (Å²) < 4.78 is 38.2. The lowest BCUT2D eigenvalue weighted by molar-refractivity contribution is -0.376. The zero-order chi connectivity index (χ0) is 30.7. The minimum absolute atomic E-state index is 0.258. The van der Waals surface area contributed by atoms with Gasteiger partial charge in [0.15, 0.2) is 12.6 Å². The van der Waals surface area contributed by atoms with E-state index in [1.54, 1.807) is 12.1 Å². The van der Waals surface area contributed by atoms with Crippen molar-refractivity contribution in [2.45, 2.75) is 92.1 Å². The molecule has 42 heavy (non-hydrogen) atoms. The van der Waals surface area contributed by atoms with E-state index in [9.17, 15) is 51.1 Å². The van der Waals surface area contributed by atoms with Crippen molar-refractivity contribution in [1.29, 1.82) is 0 Å². The van der Waals surface area contributed by atoms with Gasteiger partial charge in [-0.15, -0.1) is 0 Å². The highest BCUT2D eigenvalue weighted by Crippen LogP contribution is 2.33. The Morgan fingerprint density at radius 1 is 0.524 bits per heavy atom. The molecule has 10 N–H and O–H groups in total. The Bertz CT molecular complexity index is 963. The van der Waals surface area contributed by atoms with E-state index in [1.807, 2.05) is 0 Å². The summed E-state index contributed by atoms with van der Waals surface area (Å²) in [6.07, 6.45) is -24.6. The lowest BCUT2D eigenvalue weighted by atomic mass is 9.96. The molecule has 3 aliphatic heterocycles. The Labute approximate surface area is 239 Å². The second-order valence-corrected chi connectivity index (χ2v) is 10.1. The number of rotatable bonds is 10. The summed E-state index contributed by atoms with van der Waals surface area (Å²) >= 11 is 0. The molecule has 0 bridgehead atoms. The Hall–Kier alpha value is -1.78. The zero-order valence-corrected chi connectivity index (χ0v) is 22.4. The fourth-order valence-electron chi connectivity index (χ4n) is 4.93. The Kier molecular flexibility index (Phi) is 11.3. The number of methoxy groups -OCH3 is 1. The lowest BCUT2D eigenvalue weighted by Crippen LogP contribution is -2.66. The molecule has 0 aromatic heterocycles. The summed E-state index contributed by atoms with van der Waals surface area (Å²) in [5.74, 6) is 0.804. The summed E-state index contributed by atoms with van der Waals surface area (Å²) in [6.45, 7) is -2.29. The zero-order valence-electron chi connectivity index (χ0n) is 22.4. The molecule has 3 saturated heterocycles. The fourth-order valence-corrected chi connectivity index (χ4v) is 4.93. The first-order valence-corrected chi connectivity index (χ1v) is 13.2. The third-order valence-electron chi connectivity index (χ3n) is 7.38. The number of aliphatic hydroxyl groups excluding tert-OH is 10. The molecule has 3 heterocycles. The van der Waals surface area contributed by atoms with Gasteiger partial charge in [0.25, 0.3) is 0 Å². The molecule has 3 fully saturated rings. The smallest absolute Gasteiger partial charge is 0.229 e. The molecule has 3 aliphatic rings. The molecule has 15 atom stereocenters. The van der Waals surface area contributed by atoms with Gasteiger partial charge in [0.1, 0.15) is 84.7 Å². The summed E-state index contributed by atoms with van der Waals surface area (Å²) in [7, 11) is 1.48. The minimum Gasteiger partial charge on any atom is -0.497 e. The van der Waals surface area contributed by atoms with Gasteiger partial charge < -0.3 is 84.2 Å². The lowest BCUT2D eigenvalue weighted by Gasteiger charge is -2.48. The van der Waals surface area contributed by atoms with Gasteiger partial charge in [-0.05, 0) is 24.3 Å². The van der Waals surface area contributed by atoms with E-state index in [2.05, 4.69) is 0 Å². The summed E-state index contributed by atoms with van der Waals surface area (Å²) in [5.41, 5.74) is 0. The quantitative estimate of drug-likeness (QED) is 0.118. The van der Waals surface area contributed by atoms with Gasteiger partial charge in [-0.25, -0.2) is 0 Å². The third-order valence-corrected chi connectivity index (χ3v) is 7.38. The van der Waals surface area contributed by atoms with Crippen molar-refractivity contribution in [3.05, 3.63) is 24.3 Å². The molecule has 15 unspecified atom stereocenters. The molecule has 17 heteroatoms. The molecule has 1 aromatic carbocycles. The molecule has 0 saturated carbocycles. The molecule has 0 aliphatic carbocycles. The van der Waals surface area contributed by atoms with Crippen LogP contribution >= 0.6 is 0 Å². The third kappa shape index (κ3) is 6.80. The second-order valence-electron chi connectivity index (χ2n) is 10.1. The van der Waals surface area contributed by atoms with E-state index in [-0.39, 0.29) is 5.75 Å². The highest BCUT2D eigenvalue weighted by molar-refractivity contribution is 5.31. The Morgan fingerprint density at radius 2 is 0.929 bits per heavy atom. The topological polar surface area (TPSA) is 267 Å². The van der Waals surface area contributed by atoms with Crippen LogP contribution in [0, 0.1) is 0 Å². The first kappa shape index (κ1) is 33.1. The van der Waals surface area contributed by atoms with Crippen LogP contribution in [0.15, 0.2) is 24.3 Å². The number of ether oxygens (including phenoxy) is 7. The number of aliphatic hydroxyl groups is 10. The van der Waals surface area contributed by atoms with Crippen LogP contribution in [0.2, 0.25) is 0 Å². The maximum absolute atomic E-state index is 10.8.